The fourth-order valence-electron chi connectivity index (χ4n) is 3.65. The van der Waals surface area contributed by atoms with E-state index >= 15 is 0 Å². The maximum atomic E-state index is 13.2. The van der Waals surface area contributed by atoms with Gasteiger partial charge in [0.1, 0.15) is 5.75 Å². The molecule has 1 aromatic heterocycles. The highest BCUT2D eigenvalue weighted by Gasteiger charge is 2.43. The summed E-state index contributed by atoms with van der Waals surface area (Å²) in [4.78, 5) is 15.3. The van der Waals surface area contributed by atoms with Gasteiger partial charge >= 0.3 is 0 Å². The first kappa shape index (κ1) is 18.5. The topological polar surface area (TPSA) is 59.4 Å². The standard InChI is InChI=1S/C20H28N4O2/c1-23(2)11-12-24-15-17(14-21-24)22-19(25)20(9-4-5-10-20)16-7-6-8-18(13-16)26-3/h6-8,13-15H,4-5,9-12H2,1-3H3,(H,22,25). The molecule has 0 bridgehead atoms. The predicted octanol–water partition coefficient (Wildman–Crippen LogP) is 2.90. The summed E-state index contributed by atoms with van der Waals surface area (Å²) >= 11 is 0. The summed E-state index contributed by atoms with van der Waals surface area (Å²) < 4.78 is 7.22. The van der Waals surface area contributed by atoms with Crippen LogP contribution >= 0.6 is 0 Å². The second-order valence-corrected chi connectivity index (χ2v) is 7.27. The van der Waals surface area contributed by atoms with E-state index in [-0.39, 0.29) is 5.91 Å². The highest BCUT2D eigenvalue weighted by molar-refractivity contribution is 5.99. The maximum Gasteiger partial charge on any atom is 0.235 e. The van der Waals surface area contributed by atoms with Gasteiger partial charge in [0.15, 0.2) is 0 Å². The van der Waals surface area contributed by atoms with E-state index in [9.17, 15) is 4.79 Å². The van der Waals surface area contributed by atoms with Crippen molar-refractivity contribution in [2.75, 3.05) is 33.1 Å². The number of anilines is 1. The number of aromatic nitrogens is 2. The van der Waals surface area contributed by atoms with Gasteiger partial charge in [-0.2, -0.15) is 5.10 Å². The maximum absolute atomic E-state index is 13.2. The van der Waals surface area contributed by atoms with Crippen LogP contribution in [-0.4, -0.2) is 48.3 Å². The summed E-state index contributed by atoms with van der Waals surface area (Å²) in [6, 6.07) is 7.90. The minimum absolute atomic E-state index is 0.0513. The van der Waals surface area contributed by atoms with E-state index in [0.717, 1.165) is 55.8 Å². The third kappa shape index (κ3) is 3.90. The van der Waals surface area contributed by atoms with E-state index in [1.807, 2.05) is 49.2 Å². The van der Waals surface area contributed by atoms with Crippen molar-refractivity contribution in [2.24, 2.45) is 0 Å². The van der Waals surface area contributed by atoms with Gasteiger partial charge in [0.2, 0.25) is 5.91 Å². The van der Waals surface area contributed by atoms with Gasteiger partial charge < -0.3 is 15.0 Å². The van der Waals surface area contributed by atoms with Crippen molar-refractivity contribution in [1.29, 1.82) is 0 Å². The molecule has 1 saturated carbocycles. The van der Waals surface area contributed by atoms with Crippen LogP contribution < -0.4 is 10.1 Å². The monoisotopic (exact) mass is 356 g/mol. The van der Waals surface area contributed by atoms with Crippen molar-refractivity contribution in [3.63, 3.8) is 0 Å². The lowest BCUT2D eigenvalue weighted by atomic mass is 9.78. The first-order valence-electron chi connectivity index (χ1n) is 9.17. The van der Waals surface area contributed by atoms with Crippen LogP contribution in [0.15, 0.2) is 36.7 Å². The largest absolute Gasteiger partial charge is 0.497 e. The second kappa shape index (κ2) is 7.91. The van der Waals surface area contributed by atoms with Gasteiger partial charge in [-0.3, -0.25) is 9.48 Å². The smallest absolute Gasteiger partial charge is 0.235 e. The third-order valence-corrected chi connectivity index (χ3v) is 5.18. The molecule has 0 atom stereocenters. The molecule has 1 aliphatic carbocycles. The van der Waals surface area contributed by atoms with Crippen LogP contribution in [0.4, 0.5) is 5.69 Å². The first-order chi connectivity index (χ1) is 12.5. The molecule has 1 aliphatic rings. The van der Waals surface area contributed by atoms with E-state index in [4.69, 9.17) is 4.74 Å². The molecule has 0 aliphatic heterocycles. The highest BCUT2D eigenvalue weighted by atomic mass is 16.5. The molecule has 6 nitrogen and oxygen atoms in total. The molecule has 2 aromatic rings. The summed E-state index contributed by atoms with van der Waals surface area (Å²) in [6.45, 7) is 1.70. The van der Waals surface area contributed by atoms with Gasteiger partial charge in [0.25, 0.3) is 0 Å². The Balaban J connectivity index is 1.77. The van der Waals surface area contributed by atoms with Crippen molar-refractivity contribution >= 4 is 11.6 Å². The van der Waals surface area contributed by atoms with Crippen LogP contribution in [0.1, 0.15) is 31.2 Å². The van der Waals surface area contributed by atoms with E-state index in [1.165, 1.54) is 0 Å². The van der Waals surface area contributed by atoms with Gasteiger partial charge in [-0.1, -0.05) is 25.0 Å². The predicted molar refractivity (Wildman–Crippen MR) is 103 cm³/mol. The molecule has 3 rings (SSSR count). The van der Waals surface area contributed by atoms with Crippen molar-refractivity contribution in [3.8, 4) is 5.75 Å². The van der Waals surface area contributed by atoms with E-state index in [1.54, 1.807) is 13.3 Å². The number of benzene rings is 1. The van der Waals surface area contributed by atoms with Crippen LogP contribution in [0, 0.1) is 0 Å². The minimum atomic E-state index is -0.486. The van der Waals surface area contributed by atoms with Crippen molar-refractivity contribution in [3.05, 3.63) is 42.2 Å². The molecule has 1 aromatic carbocycles. The third-order valence-electron chi connectivity index (χ3n) is 5.18. The van der Waals surface area contributed by atoms with Crippen LogP contribution in [0.2, 0.25) is 0 Å². The Kier molecular flexibility index (Phi) is 5.61. The van der Waals surface area contributed by atoms with E-state index in [2.05, 4.69) is 15.3 Å². The molecule has 0 saturated heterocycles. The molecule has 1 fully saturated rings. The van der Waals surface area contributed by atoms with Gasteiger partial charge in [-0.05, 0) is 44.6 Å². The summed E-state index contributed by atoms with van der Waals surface area (Å²) in [5.74, 6) is 0.841. The second-order valence-electron chi connectivity index (χ2n) is 7.27. The molecule has 0 radical (unpaired) electrons. The number of rotatable bonds is 7. The zero-order valence-electron chi connectivity index (χ0n) is 15.9. The summed E-state index contributed by atoms with van der Waals surface area (Å²) in [5.41, 5.74) is 1.30. The summed E-state index contributed by atoms with van der Waals surface area (Å²) in [5, 5.41) is 7.44. The van der Waals surface area contributed by atoms with E-state index < -0.39 is 5.41 Å². The Morgan fingerprint density at radius 1 is 1.35 bits per heavy atom. The lowest BCUT2D eigenvalue weighted by Crippen LogP contribution is -2.37. The van der Waals surface area contributed by atoms with Gasteiger partial charge in [-0.25, -0.2) is 0 Å². The normalized spacial score (nSPS) is 16.0. The Morgan fingerprint density at radius 3 is 2.81 bits per heavy atom. The Labute approximate surface area is 155 Å². The molecule has 6 heteroatoms. The Bertz CT molecular complexity index is 748. The molecular weight excluding hydrogens is 328 g/mol. The highest BCUT2D eigenvalue weighted by Crippen LogP contribution is 2.42. The molecule has 1 heterocycles. The summed E-state index contributed by atoms with van der Waals surface area (Å²) in [6.07, 6.45) is 7.47. The van der Waals surface area contributed by atoms with Gasteiger partial charge in [0.05, 0.1) is 31.0 Å². The first-order valence-corrected chi connectivity index (χ1v) is 9.17. The molecule has 140 valence electrons. The zero-order chi connectivity index (χ0) is 18.6. The number of methoxy groups -OCH3 is 1. The average Bonchev–Trinajstić information content (AvgIpc) is 3.30. The minimum Gasteiger partial charge on any atom is -0.497 e. The van der Waals surface area contributed by atoms with Crippen LogP contribution in [0.5, 0.6) is 5.75 Å². The number of carbonyl (C=O) groups is 1. The van der Waals surface area contributed by atoms with Crippen molar-refractivity contribution in [2.45, 2.75) is 37.6 Å². The number of hydrogen-bond donors (Lipinski definition) is 1. The molecular formula is C20H28N4O2. The van der Waals surface area contributed by atoms with Crippen molar-refractivity contribution < 1.29 is 9.53 Å². The quantitative estimate of drug-likeness (QED) is 0.829. The van der Waals surface area contributed by atoms with Crippen LogP contribution in [0.25, 0.3) is 0 Å². The Morgan fingerprint density at radius 2 is 2.12 bits per heavy atom. The number of carbonyl (C=O) groups excluding carboxylic acids is 1. The molecule has 1 amide bonds. The number of ether oxygens (including phenoxy) is 1. The summed E-state index contributed by atoms with van der Waals surface area (Å²) in [7, 11) is 5.72. The number of nitrogens with one attached hydrogen (secondary N) is 1. The van der Waals surface area contributed by atoms with Gasteiger partial charge in [-0.15, -0.1) is 0 Å². The van der Waals surface area contributed by atoms with Crippen molar-refractivity contribution in [1.82, 2.24) is 14.7 Å². The lowest BCUT2D eigenvalue weighted by molar-refractivity contribution is -0.121. The molecule has 0 spiro atoms. The average molecular weight is 356 g/mol. The Hall–Kier alpha value is -2.34. The zero-order valence-corrected chi connectivity index (χ0v) is 15.9. The van der Waals surface area contributed by atoms with Gasteiger partial charge in [0, 0.05) is 12.7 Å². The molecule has 0 unspecified atom stereocenters. The SMILES string of the molecule is COc1cccc(C2(C(=O)Nc3cnn(CCN(C)C)c3)CCCC2)c1. The number of hydrogen-bond acceptors (Lipinski definition) is 4. The van der Waals surface area contributed by atoms with E-state index in [0.29, 0.717) is 0 Å². The molecule has 26 heavy (non-hydrogen) atoms. The number of likely N-dealkylation sites (N-methyl/N-ethyl adjacent to an activating group) is 1. The van der Waals surface area contributed by atoms with Crippen LogP contribution in [-0.2, 0) is 16.8 Å². The number of amides is 1. The fraction of sp³-hybridized carbons (Fsp3) is 0.500. The lowest BCUT2D eigenvalue weighted by Gasteiger charge is -2.28. The van der Waals surface area contributed by atoms with Crippen LogP contribution in [0.3, 0.4) is 0 Å². The molecule has 1 N–H and O–H groups in total. The fourth-order valence-corrected chi connectivity index (χ4v) is 3.65. The number of nitrogens with zero attached hydrogens (tertiary/aromatic N) is 3.